The van der Waals surface area contributed by atoms with Gasteiger partial charge in [-0.1, -0.05) is 42.5 Å². The molecule has 2 aromatic rings. The van der Waals surface area contributed by atoms with Crippen LogP contribution in [-0.2, 0) is 0 Å². The van der Waals surface area contributed by atoms with E-state index < -0.39 is 0 Å². The number of para-hydroxylation sites is 2. The van der Waals surface area contributed by atoms with Gasteiger partial charge in [-0.05, 0) is 17.7 Å². The molecule has 0 fully saturated rings. The molecule has 2 rings (SSSR count). The number of nitrogens with one attached hydrogen (secondary N) is 1. The van der Waals surface area contributed by atoms with Crippen molar-refractivity contribution < 1.29 is 0 Å². The molecule has 0 aromatic heterocycles. The Labute approximate surface area is 94.6 Å². The van der Waals surface area contributed by atoms with Crippen LogP contribution in [0.5, 0.6) is 0 Å². The van der Waals surface area contributed by atoms with E-state index in [1.54, 1.807) is 6.21 Å². The van der Waals surface area contributed by atoms with Crippen LogP contribution < -0.4 is 11.2 Å². The third-order valence-electron chi connectivity index (χ3n) is 2.16. The molecular weight excluding hydrogens is 198 g/mol. The van der Waals surface area contributed by atoms with Crippen LogP contribution in [0.25, 0.3) is 0 Å². The molecule has 3 N–H and O–H groups in total. The Hall–Kier alpha value is -2.29. The van der Waals surface area contributed by atoms with Crippen molar-refractivity contribution >= 4 is 17.6 Å². The van der Waals surface area contributed by atoms with Crippen molar-refractivity contribution in [2.75, 3.05) is 11.2 Å². The van der Waals surface area contributed by atoms with Gasteiger partial charge in [-0.2, -0.15) is 5.10 Å². The highest BCUT2D eigenvalue weighted by atomic mass is 15.3. The van der Waals surface area contributed by atoms with Crippen molar-refractivity contribution in [2.24, 2.45) is 5.10 Å². The molecule has 0 spiro atoms. The second-order valence-electron chi connectivity index (χ2n) is 3.37. The highest BCUT2D eigenvalue weighted by Gasteiger charge is 1.93. The number of rotatable bonds is 3. The van der Waals surface area contributed by atoms with Gasteiger partial charge in [0.15, 0.2) is 0 Å². The van der Waals surface area contributed by atoms with Crippen LogP contribution in [0.1, 0.15) is 5.56 Å². The summed E-state index contributed by atoms with van der Waals surface area (Å²) in [5.74, 6) is 0. The van der Waals surface area contributed by atoms with Gasteiger partial charge in [0.2, 0.25) is 0 Å². The molecule has 0 aliphatic heterocycles. The number of hydrogen-bond acceptors (Lipinski definition) is 3. The first kappa shape index (κ1) is 10.2. The number of nitrogens with zero attached hydrogens (tertiary/aromatic N) is 1. The van der Waals surface area contributed by atoms with Crippen molar-refractivity contribution in [2.45, 2.75) is 0 Å². The molecule has 0 amide bonds. The molecule has 0 radical (unpaired) electrons. The van der Waals surface area contributed by atoms with Gasteiger partial charge < -0.3 is 5.73 Å². The van der Waals surface area contributed by atoms with E-state index in [2.05, 4.69) is 10.5 Å². The van der Waals surface area contributed by atoms with E-state index in [1.807, 2.05) is 54.6 Å². The Kier molecular flexibility index (Phi) is 3.18. The van der Waals surface area contributed by atoms with E-state index in [1.165, 1.54) is 0 Å². The maximum atomic E-state index is 5.76. The largest absolute Gasteiger partial charge is 0.397 e. The maximum absolute atomic E-state index is 5.76. The molecule has 0 unspecified atom stereocenters. The molecule has 0 saturated carbocycles. The van der Waals surface area contributed by atoms with Crippen LogP contribution in [0.4, 0.5) is 11.4 Å². The fourth-order valence-corrected chi connectivity index (χ4v) is 1.31. The van der Waals surface area contributed by atoms with Crippen molar-refractivity contribution in [1.82, 2.24) is 0 Å². The minimum absolute atomic E-state index is 0.688. The first-order valence-electron chi connectivity index (χ1n) is 5.05. The zero-order valence-corrected chi connectivity index (χ0v) is 8.80. The third-order valence-corrected chi connectivity index (χ3v) is 2.16. The van der Waals surface area contributed by atoms with E-state index in [0.717, 1.165) is 11.3 Å². The van der Waals surface area contributed by atoms with Crippen LogP contribution >= 0.6 is 0 Å². The summed E-state index contributed by atoms with van der Waals surface area (Å²) < 4.78 is 0. The van der Waals surface area contributed by atoms with E-state index >= 15 is 0 Å². The van der Waals surface area contributed by atoms with Crippen molar-refractivity contribution in [3.05, 3.63) is 60.2 Å². The molecular formula is C13H13N3. The van der Waals surface area contributed by atoms with Crippen molar-refractivity contribution in [3.63, 3.8) is 0 Å². The number of nitrogens with two attached hydrogens (primary N) is 1. The van der Waals surface area contributed by atoms with Gasteiger partial charge in [-0.3, -0.25) is 5.43 Å². The lowest BCUT2D eigenvalue weighted by Crippen LogP contribution is -1.95. The number of hydrogen-bond donors (Lipinski definition) is 2. The van der Waals surface area contributed by atoms with E-state index in [0.29, 0.717) is 5.69 Å². The summed E-state index contributed by atoms with van der Waals surface area (Å²) in [6, 6.07) is 17.4. The molecule has 16 heavy (non-hydrogen) atoms. The maximum Gasteiger partial charge on any atom is 0.0791 e. The fourth-order valence-electron chi connectivity index (χ4n) is 1.31. The monoisotopic (exact) mass is 211 g/mol. The number of nitrogen functional groups attached to an aromatic ring is 1. The molecule has 0 bridgehead atoms. The minimum atomic E-state index is 0.688. The first-order chi connectivity index (χ1) is 7.86. The number of hydrazone groups is 1. The quantitative estimate of drug-likeness (QED) is 0.466. The van der Waals surface area contributed by atoms with Crippen molar-refractivity contribution in [1.29, 1.82) is 0 Å². The van der Waals surface area contributed by atoms with Gasteiger partial charge in [-0.15, -0.1) is 0 Å². The summed E-state index contributed by atoms with van der Waals surface area (Å²) in [6.07, 6.45) is 1.76. The molecule has 0 aliphatic rings. The smallest absolute Gasteiger partial charge is 0.0791 e. The SMILES string of the molecule is Nc1ccccc1NN=Cc1ccccc1. The molecule has 3 heteroatoms. The van der Waals surface area contributed by atoms with Crippen LogP contribution in [-0.4, -0.2) is 6.21 Å². The number of anilines is 2. The molecule has 0 atom stereocenters. The van der Waals surface area contributed by atoms with E-state index in [9.17, 15) is 0 Å². The van der Waals surface area contributed by atoms with Crippen molar-refractivity contribution in [3.8, 4) is 0 Å². The molecule has 0 saturated heterocycles. The standard InChI is InChI=1S/C13H13N3/c14-12-8-4-5-9-13(12)16-15-10-11-6-2-1-3-7-11/h1-10,16H,14H2. The van der Waals surface area contributed by atoms with Gasteiger partial charge in [0, 0.05) is 0 Å². The zero-order chi connectivity index (χ0) is 11.2. The van der Waals surface area contributed by atoms with Crippen LogP contribution in [0.15, 0.2) is 59.7 Å². The van der Waals surface area contributed by atoms with E-state index in [4.69, 9.17) is 5.73 Å². The van der Waals surface area contributed by atoms with Gasteiger partial charge in [0.25, 0.3) is 0 Å². The summed E-state index contributed by atoms with van der Waals surface area (Å²) >= 11 is 0. The predicted octanol–water partition coefficient (Wildman–Crippen LogP) is 2.71. The lowest BCUT2D eigenvalue weighted by atomic mass is 10.2. The first-order valence-corrected chi connectivity index (χ1v) is 5.05. The Bertz CT molecular complexity index is 478. The number of benzene rings is 2. The summed E-state index contributed by atoms with van der Waals surface area (Å²) in [5, 5.41) is 4.12. The highest BCUT2D eigenvalue weighted by Crippen LogP contribution is 2.16. The molecule has 0 heterocycles. The average molecular weight is 211 g/mol. The summed E-state index contributed by atoms with van der Waals surface area (Å²) in [5.41, 5.74) is 11.2. The predicted molar refractivity (Wildman–Crippen MR) is 68.5 cm³/mol. The third kappa shape index (κ3) is 2.60. The van der Waals surface area contributed by atoms with Gasteiger partial charge in [0.1, 0.15) is 0 Å². The lowest BCUT2D eigenvalue weighted by molar-refractivity contribution is 1.35. The average Bonchev–Trinajstić information content (AvgIpc) is 2.33. The van der Waals surface area contributed by atoms with E-state index in [-0.39, 0.29) is 0 Å². The molecule has 80 valence electrons. The summed E-state index contributed by atoms with van der Waals surface area (Å²) in [4.78, 5) is 0. The fraction of sp³-hybridized carbons (Fsp3) is 0. The highest BCUT2D eigenvalue weighted by molar-refractivity contribution is 5.80. The van der Waals surface area contributed by atoms with Crippen LogP contribution in [0.2, 0.25) is 0 Å². The second-order valence-corrected chi connectivity index (χ2v) is 3.37. The molecule has 3 nitrogen and oxygen atoms in total. The second kappa shape index (κ2) is 4.98. The Morgan fingerprint density at radius 1 is 0.938 bits per heavy atom. The van der Waals surface area contributed by atoms with Gasteiger partial charge in [0.05, 0.1) is 17.6 Å². The molecule has 2 aromatic carbocycles. The van der Waals surface area contributed by atoms with Gasteiger partial charge >= 0.3 is 0 Å². The minimum Gasteiger partial charge on any atom is -0.397 e. The Balaban J connectivity index is 2.03. The van der Waals surface area contributed by atoms with Gasteiger partial charge in [-0.25, -0.2) is 0 Å². The lowest BCUT2D eigenvalue weighted by Gasteiger charge is -2.02. The van der Waals surface area contributed by atoms with Crippen LogP contribution in [0, 0.1) is 0 Å². The normalized spacial score (nSPS) is 10.5. The Morgan fingerprint density at radius 2 is 1.62 bits per heavy atom. The Morgan fingerprint density at radius 3 is 2.38 bits per heavy atom. The topological polar surface area (TPSA) is 50.4 Å². The molecule has 0 aliphatic carbocycles. The summed E-state index contributed by atoms with van der Waals surface area (Å²) in [6.45, 7) is 0. The zero-order valence-electron chi connectivity index (χ0n) is 8.80. The summed E-state index contributed by atoms with van der Waals surface area (Å²) in [7, 11) is 0. The van der Waals surface area contributed by atoms with Crippen LogP contribution in [0.3, 0.4) is 0 Å².